The van der Waals surface area contributed by atoms with Crippen molar-refractivity contribution in [2.24, 2.45) is 5.92 Å². The van der Waals surface area contributed by atoms with E-state index in [1.165, 1.54) is 19.4 Å². The number of rotatable bonds is 9. The van der Waals surface area contributed by atoms with Crippen LogP contribution in [-0.4, -0.2) is 58.3 Å². The van der Waals surface area contributed by atoms with Crippen molar-refractivity contribution in [3.8, 4) is 17.1 Å². The smallest absolute Gasteiger partial charge is 0.273 e. The van der Waals surface area contributed by atoms with E-state index in [1.54, 1.807) is 13.1 Å². The molecule has 3 aromatic rings. The summed E-state index contributed by atoms with van der Waals surface area (Å²) in [6.45, 7) is -2.39. The normalized spacial score (nSPS) is 14.5. The van der Waals surface area contributed by atoms with Gasteiger partial charge in [0.25, 0.3) is 5.91 Å². The molecule has 0 radical (unpaired) electrons. The number of carbonyl (C=O) groups excluding carboxylic acids is 2. The molecule has 4 rings (SSSR count). The van der Waals surface area contributed by atoms with Gasteiger partial charge in [-0.15, -0.1) is 10.2 Å². The fraction of sp³-hybridized carbons (Fsp3) is 0.350. The highest BCUT2D eigenvalue weighted by molar-refractivity contribution is 5.99. The lowest BCUT2D eigenvalue weighted by Gasteiger charge is -2.15. The fourth-order valence-corrected chi connectivity index (χ4v) is 2.98. The van der Waals surface area contributed by atoms with Crippen molar-refractivity contribution in [2.75, 3.05) is 31.8 Å². The first-order chi connectivity index (χ1) is 17.2. The second-order valence-electron chi connectivity index (χ2n) is 7.12. The van der Waals surface area contributed by atoms with Gasteiger partial charge in [-0.1, -0.05) is 5.16 Å². The molecule has 0 saturated heterocycles. The monoisotopic (exact) mass is 456 g/mol. The number of nitrogens with one attached hydrogen (secondary N) is 4. The van der Waals surface area contributed by atoms with E-state index >= 15 is 0 Å². The van der Waals surface area contributed by atoms with E-state index < -0.39 is 12.9 Å². The molecule has 33 heavy (non-hydrogen) atoms. The zero-order chi connectivity index (χ0) is 25.9. The SMILES string of the molecule is [2H]C([2H])([2H])NC(=O)c1nnc(NC(=O)C2CC2)cc1Nc1nccc(-c2noc(CNC)n2)c1OC. The summed E-state index contributed by atoms with van der Waals surface area (Å²) in [7, 11) is 3.15. The van der Waals surface area contributed by atoms with Crippen molar-refractivity contribution in [3.05, 3.63) is 29.9 Å². The Morgan fingerprint density at radius 3 is 2.91 bits per heavy atom. The zero-order valence-electron chi connectivity index (χ0n) is 20.8. The molecular weight excluding hydrogens is 430 g/mol. The number of pyridine rings is 1. The average Bonchev–Trinajstić information content (AvgIpc) is 3.57. The molecule has 2 amide bonds. The standard InChI is InChI=1S/C20H23N9O4/c1-21-9-14-26-17(29-33-14)11-6-7-23-18(16(11)32-3)24-12-8-13(25-19(30)10-4-5-10)27-28-15(12)20(31)22-2/h6-8,10,21H,4-5,9H2,1-3H3,(H,22,31)(H2,23,24,25,27,30)/i2D3. The molecular formula is C20H23N9O4. The highest BCUT2D eigenvalue weighted by atomic mass is 16.5. The molecule has 1 saturated carbocycles. The molecule has 0 unspecified atom stereocenters. The Labute approximate surface area is 192 Å². The van der Waals surface area contributed by atoms with Crippen LogP contribution in [-0.2, 0) is 11.3 Å². The van der Waals surface area contributed by atoms with Crippen molar-refractivity contribution in [2.45, 2.75) is 19.4 Å². The summed E-state index contributed by atoms with van der Waals surface area (Å²) < 4.78 is 32.7. The van der Waals surface area contributed by atoms with Crippen LogP contribution in [0, 0.1) is 5.92 Å². The van der Waals surface area contributed by atoms with Gasteiger partial charge in [0.1, 0.15) is 0 Å². The van der Waals surface area contributed by atoms with Gasteiger partial charge in [-0.3, -0.25) is 9.59 Å². The molecule has 4 N–H and O–H groups in total. The van der Waals surface area contributed by atoms with Crippen LogP contribution in [0.4, 0.5) is 17.3 Å². The number of nitrogens with zero attached hydrogens (tertiary/aromatic N) is 5. The van der Waals surface area contributed by atoms with Gasteiger partial charge in [0.05, 0.1) is 24.9 Å². The van der Waals surface area contributed by atoms with Crippen molar-refractivity contribution in [3.63, 3.8) is 0 Å². The molecule has 1 fully saturated rings. The van der Waals surface area contributed by atoms with Gasteiger partial charge in [0.15, 0.2) is 23.1 Å². The van der Waals surface area contributed by atoms with Crippen LogP contribution in [0.2, 0.25) is 0 Å². The number of hydrogen-bond donors (Lipinski definition) is 4. The van der Waals surface area contributed by atoms with Gasteiger partial charge in [0.2, 0.25) is 17.6 Å². The summed E-state index contributed by atoms with van der Waals surface area (Å²) in [5.74, 6) is -0.278. The van der Waals surface area contributed by atoms with Crippen molar-refractivity contribution >= 4 is 29.1 Å². The maximum atomic E-state index is 12.6. The number of hydrogen-bond acceptors (Lipinski definition) is 11. The fourth-order valence-electron chi connectivity index (χ4n) is 2.98. The van der Waals surface area contributed by atoms with Gasteiger partial charge in [0, 0.05) is 29.3 Å². The van der Waals surface area contributed by atoms with Crippen LogP contribution < -0.4 is 26.0 Å². The average molecular weight is 456 g/mol. The number of aromatic nitrogens is 5. The third-order valence-electron chi connectivity index (χ3n) is 4.72. The number of ether oxygens (including phenoxy) is 1. The Hall–Kier alpha value is -4.13. The second kappa shape index (κ2) is 9.56. The molecule has 172 valence electrons. The minimum absolute atomic E-state index is 0.0322. The van der Waals surface area contributed by atoms with Gasteiger partial charge in [-0.05, 0) is 26.0 Å². The molecule has 0 aromatic carbocycles. The maximum absolute atomic E-state index is 12.6. The number of anilines is 3. The van der Waals surface area contributed by atoms with Crippen LogP contribution >= 0.6 is 0 Å². The molecule has 0 aliphatic heterocycles. The summed E-state index contributed by atoms with van der Waals surface area (Å²) in [5.41, 5.74) is 0.143. The van der Waals surface area contributed by atoms with E-state index in [4.69, 9.17) is 13.4 Å². The van der Waals surface area contributed by atoms with Gasteiger partial charge in [-0.25, -0.2) is 4.98 Å². The lowest BCUT2D eigenvalue weighted by Crippen LogP contribution is -2.22. The second-order valence-corrected chi connectivity index (χ2v) is 7.12. The third kappa shape index (κ3) is 4.87. The van der Waals surface area contributed by atoms with E-state index in [1.807, 2.05) is 5.32 Å². The van der Waals surface area contributed by atoms with Crippen LogP contribution in [0.5, 0.6) is 5.75 Å². The van der Waals surface area contributed by atoms with Crippen LogP contribution in [0.3, 0.4) is 0 Å². The van der Waals surface area contributed by atoms with Crippen molar-refractivity contribution in [1.82, 2.24) is 36.0 Å². The van der Waals surface area contributed by atoms with E-state index in [-0.39, 0.29) is 46.4 Å². The molecule has 1 aliphatic carbocycles. The number of amides is 2. The first kappa shape index (κ1) is 18.4. The minimum Gasteiger partial charge on any atom is -0.492 e. The molecule has 0 atom stereocenters. The Bertz CT molecular complexity index is 1280. The predicted molar refractivity (Wildman–Crippen MR) is 117 cm³/mol. The highest BCUT2D eigenvalue weighted by Crippen LogP contribution is 2.36. The van der Waals surface area contributed by atoms with Crippen LogP contribution in [0.15, 0.2) is 22.9 Å². The summed E-state index contributed by atoms with van der Waals surface area (Å²) in [6.07, 6.45) is 3.02. The lowest BCUT2D eigenvalue weighted by molar-refractivity contribution is -0.117. The topological polar surface area (TPSA) is 169 Å². The summed E-state index contributed by atoms with van der Waals surface area (Å²) >= 11 is 0. The highest BCUT2D eigenvalue weighted by Gasteiger charge is 2.30. The minimum atomic E-state index is -2.76. The molecule has 3 aromatic heterocycles. The first-order valence-corrected chi connectivity index (χ1v) is 9.97. The van der Waals surface area contributed by atoms with E-state index in [0.29, 0.717) is 18.0 Å². The van der Waals surface area contributed by atoms with E-state index in [0.717, 1.165) is 12.8 Å². The molecule has 13 heteroatoms. The Balaban J connectivity index is 1.70. The quantitative estimate of drug-likeness (QED) is 0.364. The molecule has 3 heterocycles. The third-order valence-corrected chi connectivity index (χ3v) is 4.72. The van der Waals surface area contributed by atoms with Crippen LogP contribution in [0.1, 0.15) is 33.3 Å². The maximum Gasteiger partial charge on any atom is 0.273 e. The van der Waals surface area contributed by atoms with Crippen molar-refractivity contribution < 1.29 is 23.0 Å². The van der Waals surface area contributed by atoms with Crippen LogP contribution in [0.25, 0.3) is 11.4 Å². The first-order valence-electron chi connectivity index (χ1n) is 11.5. The van der Waals surface area contributed by atoms with Gasteiger partial charge < -0.3 is 30.5 Å². The molecule has 13 nitrogen and oxygen atoms in total. The largest absolute Gasteiger partial charge is 0.492 e. The number of carbonyl (C=O) groups is 2. The molecule has 1 aliphatic rings. The Morgan fingerprint density at radius 1 is 1.33 bits per heavy atom. The molecule has 0 spiro atoms. The Morgan fingerprint density at radius 2 is 2.18 bits per heavy atom. The number of methoxy groups -OCH3 is 1. The van der Waals surface area contributed by atoms with Gasteiger partial charge >= 0.3 is 0 Å². The summed E-state index contributed by atoms with van der Waals surface area (Å²) in [4.78, 5) is 33.4. The lowest BCUT2D eigenvalue weighted by atomic mass is 10.2. The van der Waals surface area contributed by atoms with E-state index in [2.05, 4.69) is 41.3 Å². The van der Waals surface area contributed by atoms with Gasteiger partial charge in [-0.2, -0.15) is 4.98 Å². The van der Waals surface area contributed by atoms with E-state index in [9.17, 15) is 9.59 Å². The summed E-state index contributed by atoms with van der Waals surface area (Å²) in [5, 5.41) is 22.0. The van der Waals surface area contributed by atoms with Crippen molar-refractivity contribution in [1.29, 1.82) is 0 Å². The molecule has 0 bridgehead atoms. The zero-order valence-corrected chi connectivity index (χ0v) is 17.8. The Kier molecular flexibility index (Phi) is 5.34. The summed E-state index contributed by atoms with van der Waals surface area (Å²) in [6, 6.07) is 2.97. The predicted octanol–water partition coefficient (Wildman–Crippen LogP) is 1.10.